The summed E-state index contributed by atoms with van der Waals surface area (Å²) in [4.78, 5) is 4.23. The van der Waals surface area contributed by atoms with Gasteiger partial charge in [0.25, 0.3) is 0 Å². The summed E-state index contributed by atoms with van der Waals surface area (Å²) in [6.07, 6.45) is 0. The van der Waals surface area contributed by atoms with Gasteiger partial charge in [-0.25, -0.2) is 0 Å². The van der Waals surface area contributed by atoms with Crippen molar-refractivity contribution in [3.63, 3.8) is 0 Å². The van der Waals surface area contributed by atoms with E-state index in [0.29, 0.717) is 22.5 Å². The van der Waals surface area contributed by atoms with Gasteiger partial charge in [-0.15, -0.1) is 0 Å². The van der Waals surface area contributed by atoms with Gasteiger partial charge in [-0.3, -0.25) is 0 Å². The van der Waals surface area contributed by atoms with Crippen LogP contribution in [0.25, 0.3) is 0 Å². The number of hydrogen-bond donors (Lipinski definition) is 2. The molecule has 0 heterocycles. The van der Waals surface area contributed by atoms with Crippen LogP contribution < -0.4 is 21.3 Å². The predicted molar refractivity (Wildman–Crippen MR) is 154 cm³/mol. The molecule has 0 unspecified atom stereocenters. The molecule has 0 amide bonds. The number of nitrogens with zero attached hydrogens (tertiary/aromatic N) is 4. The fourth-order valence-corrected chi connectivity index (χ4v) is 4.28. The second-order valence-corrected chi connectivity index (χ2v) is 8.69. The minimum Gasteiger partial charge on any atom is -0.399 e. The summed E-state index contributed by atoms with van der Waals surface area (Å²) >= 11 is 0. The summed E-state index contributed by atoms with van der Waals surface area (Å²) in [6.45, 7) is 0. The molecule has 6 heteroatoms. The number of nitriles is 2. The van der Waals surface area contributed by atoms with Gasteiger partial charge in [0.15, 0.2) is 0 Å². The van der Waals surface area contributed by atoms with E-state index in [9.17, 15) is 10.5 Å². The van der Waals surface area contributed by atoms with Crippen molar-refractivity contribution in [1.82, 2.24) is 0 Å². The van der Waals surface area contributed by atoms with E-state index in [0.717, 1.165) is 34.1 Å². The monoisotopic (exact) mass is 492 g/mol. The van der Waals surface area contributed by atoms with E-state index in [1.165, 1.54) is 0 Å². The lowest BCUT2D eigenvalue weighted by molar-refractivity contribution is 1.25. The van der Waals surface area contributed by atoms with Gasteiger partial charge in [0.05, 0.1) is 23.3 Å². The first-order valence-corrected chi connectivity index (χ1v) is 12.0. The zero-order valence-corrected chi connectivity index (χ0v) is 20.5. The third kappa shape index (κ3) is 4.97. The Morgan fingerprint density at radius 1 is 0.421 bits per heavy atom. The van der Waals surface area contributed by atoms with Gasteiger partial charge >= 0.3 is 0 Å². The van der Waals surface area contributed by atoms with E-state index in [2.05, 4.69) is 28.0 Å². The summed E-state index contributed by atoms with van der Waals surface area (Å²) in [5.41, 5.74) is 20.0. The maximum atomic E-state index is 9.29. The van der Waals surface area contributed by atoms with Crippen molar-refractivity contribution in [3.8, 4) is 12.1 Å². The molecule has 38 heavy (non-hydrogen) atoms. The molecule has 6 nitrogen and oxygen atoms in total. The van der Waals surface area contributed by atoms with Crippen LogP contribution in [-0.2, 0) is 0 Å². The van der Waals surface area contributed by atoms with Crippen LogP contribution in [0.15, 0.2) is 121 Å². The van der Waals surface area contributed by atoms with Gasteiger partial charge in [-0.05, 0) is 115 Å². The molecule has 0 spiro atoms. The van der Waals surface area contributed by atoms with E-state index in [-0.39, 0.29) is 0 Å². The van der Waals surface area contributed by atoms with Crippen LogP contribution >= 0.6 is 0 Å². The van der Waals surface area contributed by atoms with E-state index < -0.39 is 0 Å². The number of hydrogen-bond acceptors (Lipinski definition) is 6. The highest BCUT2D eigenvalue weighted by Crippen LogP contribution is 2.40. The average Bonchev–Trinajstić information content (AvgIpc) is 2.96. The fraction of sp³-hybridized carbons (Fsp3) is 0. The highest BCUT2D eigenvalue weighted by molar-refractivity contribution is 5.83. The normalized spacial score (nSPS) is 10.3. The molecule has 5 aromatic rings. The lowest BCUT2D eigenvalue weighted by Crippen LogP contribution is -2.13. The highest BCUT2D eigenvalue weighted by Gasteiger charge is 2.17. The number of benzene rings is 5. The second-order valence-electron chi connectivity index (χ2n) is 8.69. The van der Waals surface area contributed by atoms with Crippen LogP contribution in [-0.4, -0.2) is 0 Å². The molecule has 0 aliphatic heterocycles. The maximum Gasteiger partial charge on any atom is 0.0991 e. The highest BCUT2D eigenvalue weighted by atomic mass is 15.2. The Hall–Kier alpha value is -5.72. The molecule has 5 aromatic carbocycles. The van der Waals surface area contributed by atoms with Crippen LogP contribution in [0.2, 0.25) is 0 Å². The molecule has 0 aliphatic rings. The van der Waals surface area contributed by atoms with E-state index in [1.54, 1.807) is 24.3 Å². The molecule has 0 aliphatic carbocycles. The van der Waals surface area contributed by atoms with Gasteiger partial charge in [0.2, 0.25) is 0 Å². The Kier molecular flexibility index (Phi) is 6.63. The topological polar surface area (TPSA) is 106 Å². The Morgan fingerprint density at radius 2 is 0.737 bits per heavy atom. The molecule has 0 saturated heterocycles. The van der Waals surface area contributed by atoms with Crippen LogP contribution in [0, 0.1) is 22.7 Å². The summed E-state index contributed by atoms with van der Waals surface area (Å²) in [5.74, 6) is 0. The molecule has 0 bridgehead atoms. The van der Waals surface area contributed by atoms with Crippen molar-refractivity contribution in [2.45, 2.75) is 0 Å². The molecule has 0 atom stereocenters. The lowest BCUT2D eigenvalue weighted by Gasteiger charge is -2.29. The maximum absolute atomic E-state index is 9.29. The molecular formula is C32H24N6. The van der Waals surface area contributed by atoms with E-state index >= 15 is 0 Å². The van der Waals surface area contributed by atoms with Crippen molar-refractivity contribution in [3.05, 3.63) is 132 Å². The lowest BCUT2D eigenvalue weighted by atomic mass is 10.1. The van der Waals surface area contributed by atoms with Crippen LogP contribution in [0.1, 0.15) is 11.1 Å². The summed E-state index contributed by atoms with van der Waals surface area (Å²) in [5, 5.41) is 18.6. The van der Waals surface area contributed by atoms with Gasteiger partial charge in [0.1, 0.15) is 0 Å². The summed E-state index contributed by atoms with van der Waals surface area (Å²) in [6, 6.07) is 42.8. The number of nitrogens with two attached hydrogens (primary N) is 2. The van der Waals surface area contributed by atoms with Crippen molar-refractivity contribution < 1.29 is 0 Å². The third-order valence-electron chi connectivity index (χ3n) is 6.16. The first-order chi connectivity index (χ1) is 18.6. The van der Waals surface area contributed by atoms with E-state index in [4.69, 9.17) is 11.5 Å². The summed E-state index contributed by atoms with van der Waals surface area (Å²) < 4.78 is 0. The molecule has 4 N–H and O–H groups in total. The number of nitrogen functional groups attached to an aromatic ring is 2. The Bertz CT molecular complexity index is 1520. The minimum absolute atomic E-state index is 0.583. The quantitative estimate of drug-likeness (QED) is 0.237. The minimum atomic E-state index is 0.583. The Labute approximate surface area is 221 Å². The van der Waals surface area contributed by atoms with Gasteiger partial charge in [0, 0.05) is 45.5 Å². The molecular weight excluding hydrogens is 468 g/mol. The van der Waals surface area contributed by atoms with Crippen molar-refractivity contribution in [1.29, 1.82) is 10.5 Å². The van der Waals surface area contributed by atoms with Crippen LogP contribution in [0.5, 0.6) is 0 Å². The standard InChI is InChI=1S/C32H24N6/c33-21-23-4-12-27(13-5-23)37(28-14-6-24(22-34)7-15-28)31-2-1-3-32(20-31)38(29-16-8-25(35)9-17-29)30-18-10-26(36)11-19-30/h1-20H,35-36H2. The molecule has 0 fully saturated rings. The smallest absolute Gasteiger partial charge is 0.0991 e. The molecule has 182 valence electrons. The summed E-state index contributed by atoms with van der Waals surface area (Å²) in [7, 11) is 0. The first-order valence-electron chi connectivity index (χ1n) is 12.0. The zero-order valence-electron chi connectivity index (χ0n) is 20.5. The average molecular weight is 493 g/mol. The van der Waals surface area contributed by atoms with Crippen molar-refractivity contribution in [2.24, 2.45) is 0 Å². The SMILES string of the molecule is N#Cc1ccc(N(c2ccc(C#N)cc2)c2cccc(N(c3ccc(N)cc3)c3ccc(N)cc3)c2)cc1. The largest absolute Gasteiger partial charge is 0.399 e. The molecule has 5 rings (SSSR count). The number of rotatable bonds is 6. The first kappa shape index (κ1) is 24.0. The van der Waals surface area contributed by atoms with Crippen molar-refractivity contribution in [2.75, 3.05) is 21.3 Å². The van der Waals surface area contributed by atoms with Crippen molar-refractivity contribution >= 4 is 45.5 Å². The molecule has 0 radical (unpaired) electrons. The van der Waals surface area contributed by atoms with Gasteiger partial charge < -0.3 is 21.3 Å². The third-order valence-corrected chi connectivity index (χ3v) is 6.16. The van der Waals surface area contributed by atoms with Gasteiger partial charge in [-0.1, -0.05) is 6.07 Å². The second kappa shape index (κ2) is 10.5. The van der Waals surface area contributed by atoms with Crippen LogP contribution in [0.4, 0.5) is 45.5 Å². The van der Waals surface area contributed by atoms with Gasteiger partial charge in [-0.2, -0.15) is 10.5 Å². The Morgan fingerprint density at radius 3 is 1.05 bits per heavy atom. The van der Waals surface area contributed by atoms with E-state index in [1.807, 2.05) is 91.0 Å². The van der Waals surface area contributed by atoms with Crippen LogP contribution in [0.3, 0.4) is 0 Å². The fourth-order valence-electron chi connectivity index (χ4n) is 4.28. The zero-order chi connectivity index (χ0) is 26.5. The number of anilines is 8. The Balaban J connectivity index is 1.65. The molecule has 0 saturated carbocycles. The predicted octanol–water partition coefficient (Wildman–Crippen LogP) is 7.53. The molecule has 0 aromatic heterocycles.